The minimum atomic E-state index is -0.503. The molecule has 0 N–H and O–H groups in total. The third-order valence-electron chi connectivity index (χ3n) is 4.02. The Morgan fingerprint density at radius 3 is 2.82 bits per heavy atom. The van der Waals surface area contributed by atoms with Crippen molar-refractivity contribution in [3.8, 4) is 0 Å². The third-order valence-corrected chi connectivity index (χ3v) is 4.02. The highest BCUT2D eigenvalue weighted by molar-refractivity contribution is 5.87. The van der Waals surface area contributed by atoms with Gasteiger partial charge in [0.25, 0.3) is 5.56 Å². The molecule has 0 fully saturated rings. The summed E-state index contributed by atoms with van der Waals surface area (Å²) < 4.78 is 8.00. The number of allylic oxidation sites excluding steroid dienone is 2. The highest BCUT2D eigenvalue weighted by atomic mass is 16.6. The molecule has 0 atom stereocenters. The highest BCUT2D eigenvalue weighted by Crippen LogP contribution is 2.20. The molecular formula is C17H20N2O3. The number of para-hydroxylation sites is 1. The zero-order chi connectivity index (χ0) is 15.5. The first-order valence-electron chi connectivity index (χ1n) is 7.78. The smallest absolute Gasteiger partial charge is 0.433 e. The van der Waals surface area contributed by atoms with Crippen molar-refractivity contribution >= 4 is 17.0 Å². The lowest BCUT2D eigenvalue weighted by Crippen LogP contribution is -2.29. The predicted molar refractivity (Wildman–Crippen MR) is 85.2 cm³/mol. The minimum absolute atomic E-state index is 0.143. The van der Waals surface area contributed by atoms with Gasteiger partial charge in [0.15, 0.2) is 0 Å². The van der Waals surface area contributed by atoms with Gasteiger partial charge >= 0.3 is 6.09 Å². The van der Waals surface area contributed by atoms with Crippen LogP contribution in [0.15, 0.2) is 40.7 Å². The zero-order valence-electron chi connectivity index (χ0n) is 12.7. The molecule has 3 rings (SSSR count). The van der Waals surface area contributed by atoms with E-state index in [2.05, 4.69) is 6.08 Å². The van der Waals surface area contributed by atoms with Gasteiger partial charge < -0.3 is 4.74 Å². The second-order valence-electron chi connectivity index (χ2n) is 5.50. The third kappa shape index (κ3) is 2.58. The van der Waals surface area contributed by atoms with Crippen molar-refractivity contribution in [2.24, 2.45) is 0 Å². The molecule has 1 aromatic carbocycles. The molecule has 0 radical (unpaired) electrons. The van der Waals surface area contributed by atoms with Crippen molar-refractivity contribution in [2.45, 2.75) is 39.2 Å². The average molecular weight is 300 g/mol. The number of rotatable bonds is 3. The molecule has 22 heavy (non-hydrogen) atoms. The molecule has 1 aliphatic carbocycles. The quantitative estimate of drug-likeness (QED) is 0.817. The summed E-state index contributed by atoms with van der Waals surface area (Å²) in [6.07, 6.45) is 6.04. The highest BCUT2D eigenvalue weighted by Gasteiger charge is 2.20. The van der Waals surface area contributed by atoms with Gasteiger partial charge in [0.1, 0.15) is 0 Å². The average Bonchev–Trinajstić information content (AvgIpc) is 2.82. The summed E-state index contributed by atoms with van der Waals surface area (Å²) in [6, 6.07) is 7.16. The Bertz CT molecular complexity index is 783. The maximum Gasteiger partial charge on any atom is 0.433 e. The van der Waals surface area contributed by atoms with Gasteiger partial charge in [-0.15, -0.1) is 0 Å². The van der Waals surface area contributed by atoms with E-state index < -0.39 is 6.09 Å². The number of carbonyl (C=O) groups is 1. The first-order chi connectivity index (χ1) is 10.7. The van der Waals surface area contributed by atoms with Gasteiger partial charge in [-0.3, -0.25) is 4.79 Å². The van der Waals surface area contributed by atoms with E-state index in [9.17, 15) is 9.59 Å². The van der Waals surface area contributed by atoms with Crippen LogP contribution in [0.2, 0.25) is 0 Å². The van der Waals surface area contributed by atoms with E-state index in [4.69, 9.17) is 4.74 Å². The summed E-state index contributed by atoms with van der Waals surface area (Å²) in [5.41, 5.74) is 1.67. The fourth-order valence-corrected chi connectivity index (χ4v) is 2.96. The Balaban J connectivity index is 2.12. The molecule has 5 heteroatoms. The van der Waals surface area contributed by atoms with Crippen molar-refractivity contribution in [1.29, 1.82) is 0 Å². The van der Waals surface area contributed by atoms with E-state index in [0.29, 0.717) is 17.4 Å². The van der Waals surface area contributed by atoms with Crippen molar-refractivity contribution in [3.63, 3.8) is 0 Å². The van der Waals surface area contributed by atoms with Gasteiger partial charge in [-0.2, -0.15) is 4.68 Å². The van der Waals surface area contributed by atoms with E-state index in [1.165, 1.54) is 21.4 Å². The van der Waals surface area contributed by atoms with Gasteiger partial charge in [-0.05, 0) is 44.7 Å². The molecule has 0 saturated heterocycles. The topological polar surface area (TPSA) is 53.2 Å². The minimum Gasteiger partial charge on any atom is -0.448 e. The molecule has 5 nitrogen and oxygen atoms in total. The monoisotopic (exact) mass is 300 g/mol. The first-order valence-corrected chi connectivity index (χ1v) is 7.78. The van der Waals surface area contributed by atoms with Crippen LogP contribution in [0.5, 0.6) is 0 Å². The molecule has 2 aromatic rings. The lowest BCUT2D eigenvalue weighted by Gasteiger charge is -2.15. The molecule has 0 bridgehead atoms. The van der Waals surface area contributed by atoms with Crippen LogP contribution in [0.25, 0.3) is 10.9 Å². The fraction of sp³-hybridized carbons (Fsp3) is 0.412. The Morgan fingerprint density at radius 1 is 1.27 bits per heavy atom. The number of benzene rings is 1. The molecule has 0 spiro atoms. The van der Waals surface area contributed by atoms with E-state index >= 15 is 0 Å². The number of fused-ring (bicyclic) bond motifs is 1. The fourth-order valence-electron chi connectivity index (χ4n) is 2.96. The lowest BCUT2D eigenvalue weighted by atomic mass is 10.00. The molecule has 116 valence electrons. The van der Waals surface area contributed by atoms with Crippen LogP contribution in [-0.4, -0.2) is 22.1 Å². The maximum absolute atomic E-state index is 12.6. The number of nitrogens with zero attached hydrogens (tertiary/aromatic N) is 2. The number of ether oxygens (including phenoxy) is 1. The largest absolute Gasteiger partial charge is 0.448 e. The lowest BCUT2D eigenvalue weighted by molar-refractivity contribution is 0.147. The summed E-state index contributed by atoms with van der Waals surface area (Å²) in [5.74, 6) is 0. The van der Waals surface area contributed by atoms with Gasteiger partial charge in [-0.25, -0.2) is 9.48 Å². The van der Waals surface area contributed by atoms with E-state index in [0.717, 1.165) is 19.3 Å². The second-order valence-corrected chi connectivity index (χ2v) is 5.50. The Morgan fingerprint density at radius 2 is 2.09 bits per heavy atom. The summed E-state index contributed by atoms with van der Waals surface area (Å²) in [7, 11) is 0. The second kappa shape index (κ2) is 6.22. The maximum atomic E-state index is 12.6. The van der Waals surface area contributed by atoms with Crippen LogP contribution in [0.3, 0.4) is 0 Å². The van der Waals surface area contributed by atoms with Crippen LogP contribution >= 0.6 is 0 Å². The molecule has 0 unspecified atom stereocenters. The van der Waals surface area contributed by atoms with E-state index in [1.807, 2.05) is 12.1 Å². The van der Waals surface area contributed by atoms with Crippen LogP contribution in [0, 0.1) is 0 Å². The first kappa shape index (κ1) is 14.6. The summed E-state index contributed by atoms with van der Waals surface area (Å²) >= 11 is 0. The van der Waals surface area contributed by atoms with Gasteiger partial charge in [-0.1, -0.05) is 23.8 Å². The Kier molecular flexibility index (Phi) is 4.13. The van der Waals surface area contributed by atoms with E-state index in [-0.39, 0.29) is 12.2 Å². The molecule has 0 amide bonds. The Hall–Kier alpha value is -2.30. The van der Waals surface area contributed by atoms with Crippen LogP contribution in [-0.2, 0) is 11.3 Å². The zero-order valence-corrected chi connectivity index (χ0v) is 12.7. The molecule has 0 saturated carbocycles. The molecule has 1 aromatic heterocycles. The van der Waals surface area contributed by atoms with Crippen molar-refractivity contribution in [1.82, 2.24) is 9.36 Å². The van der Waals surface area contributed by atoms with Crippen molar-refractivity contribution in [2.75, 3.05) is 6.61 Å². The SMILES string of the molecule is CCOC(=O)n1c2ccccc2c(=O)n1CC1=CCCCC1. The number of hydrogen-bond acceptors (Lipinski definition) is 3. The summed E-state index contributed by atoms with van der Waals surface area (Å²) in [6.45, 7) is 2.49. The van der Waals surface area contributed by atoms with Gasteiger partial charge in [0.05, 0.1) is 24.1 Å². The van der Waals surface area contributed by atoms with Crippen molar-refractivity contribution in [3.05, 3.63) is 46.3 Å². The molecular weight excluding hydrogens is 280 g/mol. The summed E-state index contributed by atoms with van der Waals surface area (Å²) in [4.78, 5) is 24.9. The Labute approximate surface area is 128 Å². The predicted octanol–water partition coefficient (Wildman–Crippen LogP) is 3.31. The van der Waals surface area contributed by atoms with Crippen LogP contribution in [0.4, 0.5) is 4.79 Å². The standard InChI is InChI=1S/C17H20N2O3/c1-2-22-17(21)19-15-11-7-6-10-14(15)16(20)18(19)12-13-8-4-3-5-9-13/h6-8,10-11H,2-5,9,12H2,1H3. The number of carbonyl (C=O) groups excluding carboxylic acids is 1. The molecule has 1 heterocycles. The van der Waals surface area contributed by atoms with Crippen molar-refractivity contribution < 1.29 is 9.53 Å². The van der Waals surface area contributed by atoms with E-state index in [1.54, 1.807) is 19.1 Å². The normalized spacial score (nSPS) is 14.9. The molecule has 1 aliphatic rings. The van der Waals surface area contributed by atoms with Crippen LogP contribution in [0.1, 0.15) is 32.6 Å². The number of hydrogen-bond donors (Lipinski definition) is 0. The summed E-state index contributed by atoms with van der Waals surface area (Å²) in [5, 5.41) is 0.548. The molecule has 0 aliphatic heterocycles. The number of aromatic nitrogens is 2. The van der Waals surface area contributed by atoms with Gasteiger partial charge in [0.2, 0.25) is 0 Å². The van der Waals surface area contributed by atoms with Gasteiger partial charge in [0, 0.05) is 0 Å². The van der Waals surface area contributed by atoms with Crippen LogP contribution < -0.4 is 5.56 Å².